The Hall–Kier alpha value is -1.77. The van der Waals surface area contributed by atoms with Crippen LogP contribution in [0.25, 0.3) is 0 Å². The topological polar surface area (TPSA) is 91.1 Å². The number of carbonyl (C=O) groups is 2. The number of carbonyl (C=O) groups excluding carboxylic acids is 2. The Kier molecular flexibility index (Phi) is 8.70. The minimum absolute atomic E-state index is 0.0123. The quantitative estimate of drug-likeness (QED) is 0.522. The molecule has 8 nitrogen and oxygen atoms in total. The van der Waals surface area contributed by atoms with Crippen LogP contribution in [0.1, 0.15) is 77.7 Å². The summed E-state index contributed by atoms with van der Waals surface area (Å²) < 4.78 is 22.5. The van der Waals surface area contributed by atoms with Gasteiger partial charge in [-0.3, -0.25) is 9.59 Å². The number of aromatic nitrogens is 1. The zero-order valence-electron chi connectivity index (χ0n) is 20.9. The van der Waals surface area contributed by atoms with Gasteiger partial charge in [-0.05, 0) is 51.9 Å². The lowest BCUT2D eigenvalue weighted by Crippen LogP contribution is -2.51. The van der Waals surface area contributed by atoms with Gasteiger partial charge in [-0.2, -0.15) is 0 Å². The first-order valence-corrected chi connectivity index (χ1v) is 12.2. The summed E-state index contributed by atoms with van der Waals surface area (Å²) in [5, 5.41) is 4.20. The molecule has 0 aliphatic carbocycles. The molecule has 1 aromatic rings. The lowest BCUT2D eigenvalue weighted by molar-refractivity contribution is -0.170. The molecule has 0 N–H and O–H groups in total. The van der Waals surface area contributed by atoms with Crippen LogP contribution in [0.2, 0.25) is 0 Å². The average Bonchev–Trinajstić information content (AvgIpc) is 3.28. The maximum absolute atomic E-state index is 13.1. The Morgan fingerprint density at radius 1 is 1.12 bits per heavy atom. The molecule has 1 atom stereocenters. The van der Waals surface area contributed by atoms with Crippen molar-refractivity contribution in [1.82, 2.24) is 10.1 Å². The summed E-state index contributed by atoms with van der Waals surface area (Å²) in [6.07, 6.45) is 5.24. The second-order valence-electron chi connectivity index (χ2n) is 10.5. The molecule has 1 amide bonds. The molecule has 3 rings (SSSR count). The van der Waals surface area contributed by atoms with Gasteiger partial charge in [0, 0.05) is 44.8 Å². The van der Waals surface area contributed by atoms with Crippen LogP contribution in [-0.2, 0) is 35.6 Å². The maximum atomic E-state index is 13.1. The first kappa shape index (κ1) is 25.8. The van der Waals surface area contributed by atoms with E-state index in [-0.39, 0.29) is 29.8 Å². The van der Waals surface area contributed by atoms with Gasteiger partial charge in [0.05, 0.1) is 24.3 Å². The first-order chi connectivity index (χ1) is 15.6. The zero-order chi connectivity index (χ0) is 24.1. The monoisotopic (exact) mass is 464 g/mol. The van der Waals surface area contributed by atoms with Crippen molar-refractivity contribution in [2.45, 2.75) is 89.9 Å². The number of likely N-dealkylation sites (N-methyl/N-ethyl adjacent to an activating group) is 1. The molecule has 3 heterocycles. The Balaban J connectivity index is 1.54. The molecule has 0 radical (unpaired) electrons. The highest BCUT2D eigenvalue weighted by atomic mass is 16.7. The average molecular weight is 465 g/mol. The molecule has 186 valence electrons. The van der Waals surface area contributed by atoms with E-state index in [1.807, 2.05) is 19.9 Å². The highest BCUT2D eigenvalue weighted by Gasteiger charge is 2.37. The van der Waals surface area contributed by atoms with E-state index < -0.39 is 5.54 Å². The third-order valence-corrected chi connectivity index (χ3v) is 7.05. The summed E-state index contributed by atoms with van der Waals surface area (Å²) in [5.41, 5.74) is -0.577. The normalized spacial score (nSPS) is 20.6. The summed E-state index contributed by atoms with van der Waals surface area (Å²) in [4.78, 5) is 27.5. The molecule has 0 spiro atoms. The van der Waals surface area contributed by atoms with Crippen molar-refractivity contribution >= 4 is 11.7 Å². The number of rotatable bonds is 10. The van der Waals surface area contributed by atoms with Crippen LogP contribution in [0.4, 0.5) is 0 Å². The third kappa shape index (κ3) is 6.87. The molecule has 0 aromatic carbocycles. The molecule has 0 saturated carbocycles. The molecule has 2 fully saturated rings. The van der Waals surface area contributed by atoms with Gasteiger partial charge in [-0.25, -0.2) is 0 Å². The smallest absolute Gasteiger partial charge is 0.223 e. The van der Waals surface area contributed by atoms with Gasteiger partial charge in [0.25, 0.3) is 0 Å². The number of hydrogen-bond acceptors (Lipinski definition) is 7. The van der Waals surface area contributed by atoms with Crippen LogP contribution in [0.15, 0.2) is 10.6 Å². The largest absolute Gasteiger partial charge is 0.381 e. The first-order valence-electron chi connectivity index (χ1n) is 12.2. The predicted molar refractivity (Wildman–Crippen MR) is 123 cm³/mol. The highest BCUT2D eigenvalue weighted by Crippen LogP contribution is 2.27. The minimum atomic E-state index is -0.938. The van der Waals surface area contributed by atoms with E-state index in [2.05, 4.69) is 5.16 Å². The van der Waals surface area contributed by atoms with Crippen molar-refractivity contribution in [3.8, 4) is 0 Å². The van der Waals surface area contributed by atoms with Crippen molar-refractivity contribution in [3.05, 3.63) is 17.5 Å². The van der Waals surface area contributed by atoms with Crippen LogP contribution in [0.3, 0.4) is 0 Å². The molecule has 1 unspecified atom stereocenters. The Morgan fingerprint density at radius 2 is 1.85 bits per heavy atom. The van der Waals surface area contributed by atoms with Crippen LogP contribution in [0.5, 0.6) is 0 Å². The zero-order valence-corrected chi connectivity index (χ0v) is 20.9. The van der Waals surface area contributed by atoms with Crippen LogP contribution >= 0.6 is 0 Å². The number of ether oxygens (including phenoxy) is 3. The summed E-state index contributed by atoms with van der Waals surface area (Å²) in [6, 6.07) is 1.82. The number of Topliss-reactive ketones (excluding diaryl/α,β-unsaturated/α-hetero) is 1. The lowest BCUT2D eigenvalue weighted by atomic mass is 9.89. The highest BCUT2D eigenvalue weighted by molar-refractivity contribution is 5.93. The molecule has 1 aromatic heterocycles. The fourth-order valence-electron chi connectivity index (χ4n) is 4.14. The molecule has 2 saturated heterocycles. The summed E-state index contributed by atoms with van der Waals surface area (Å²) >= 11 is 0. The lowest BCUT2D eigenvalue weighted by Gasteiger charge is -2.35. The van der Waals surface area contributed by atoms with E-state index in [0.29, 0.717) is 37.9 Å². The number of amides is 1. The predicted octanol–water partition coefficient (Wildman–Crippen LogP) is 3.66. The molecule has 2 aliphatic heterocycles. The van der Waals surface area contributed by atoms with Crippen LogP contribution in [-0.4, -0.2) is 67.1 Å². The third-order valence-electron chi connectivity index (χ3n) is 7.05. The molecule has 2 aliphatic rings. The summed E-state index contributed by atoms with van der Waals surface area (Å²) in [6.45, 7) is 10.2. The van der Waals surface area contributed by atoms with Crippen molar-refractivity contribution in [3.63, 3.8) is 0 Å². The van der Waals surface area contributed by atoms with Gasteiger partial charge >= 0.3 is 0 Å². The Labute approximate surface area is 197 Å². The minimum Gasteiger partial charge on any atom is -0.381 e. The van der Waals surface area contributed by atoms with E-state index in [4.69, 9.17) is 18.7 Å². The van der Waals surface area contributed by atoms with E-state index in [0.717, 1.165) is 44.4 Å². The fourth-order valence-corrected chi connectivity index (χ4v) is 4.14. The number of hydrogen-bond donors (Lipinski definition) is 0. The van der Waals surface area contributed by atoms with Crippen LogP contribution < -0.4 is 0 Å². The molecular formula is C25H40N2O6. The fraction of sp³-hybridized carbons (Fsp3) is 0.800. The van der Waals surface area contributed by atoms with Crippen LogP contribution in [0, 0.1) is 5.92 Å². The standard InChI is InChI=1S/C25H40N2O6/c1-24(2,17-32-23-8-6-7-11-31-23)20-15-19(33-26-20)16-21(28)25(3,4)27(5)22(29)14-18-9-12-30-13-10-18/h15,18,23H,6-14,16-17H2,1-5H3. The molecule has 33 heavy (non-hydrogen) atoms. The van der Waals surface area contributed by atoms with Crippen molar-refractivity contribution in [1.29, 1.82) is 0 Å². The second kappa shape index (κ2) is 11.1. The van der Waals surface area contributed by atoms with E-state index in [9.17, 15) is 9.59 Å². The molecular weight excluding hydrogens is 424 g/mol. The van der Waals surface area contributed by atoms with Crippen molar-refractivity contribution < 1.29 is 28.3 Å². The van der Waals surface area contributed by atoms with E-state index in [1.54, 1.807) is 25.8 Å². The van der Waals surface area contributed by atoms with Crippen molar-refractivity contribution in [2.75, 3.05) is 33.5 Å². The Morgan fingerprint density at radius 3 is 2.52 bits per heavy atom. The van der Waals surface area contributed by atoms with Gasteiger partial charge in [0.15, 0.2) is 12.1 Å². The molecule has 8 heteroatoms. The van der Waals surface area contributed by atoms with Gasteiger partial charge in [-0.1, -0.05) is 19.0 Å². The van der Waals surface area contributed by atoms with Crippen molar-refractivity contribution in [2.24, 2.45) is 5.92 Å². The van der Waals surface area contributed by atoms with Gasteiger partial charge in [-0.15, -0.1) is 0 Å². The second-order valence-corrected chi connectivity index (χ2v) is 10.5. The molecule has 0 bridgehead atoms. The number of ketones is 1. The van der Waals surface area contributed by atoms with E-state index >= 15 is 0 Å². The Bertz CT molecular complexity index is 791. The van der Waals surface area contributed by atoms with Gasteiger partial charge in [0.1, 0.15) is 5.76 Å². The number of nitrogens with zero attached hydrogens (tertiary/aromatic N) is 2. The summed E-state index contributed by atoms with van der Waals surface area (Å²) in [7, 11) is 1.71. The summed E-state index contributed by atoms with van der Waals surface area (Å²) in [5.74, 6) is 0.717. The van der Waals surface area contributed by atoms with E-state index in [1.165, 1.54) is 0 Å². The maximum Gasteiger partial charge on any atom is 0.223 e. The van der Waals surface area contributed by atoms with Gasteiger partial charge in [0.2, 0.25) is 5.91 Å². The SMILES string of the molecule is CN(C(=O)CC1CCOCC1)C(C)(C)C(=O)Cc1cc(C(C)(C)COC2CCCCO2)no1. The van der Waals surface area contributed by atoms with Gasteiger partial charge < -0.3 is 23.6 Å².